The van der Waals surface area contributed by atoms with E-state index in [0.29, 0.717) is 0 Å². The topological polar surface area (TPSA) is 78.8 Å². The molecule has 2 N–H and O–H groups in total. The van der Waals surface area contributed by atoms with Crippen molar-refractivity contribution in [3.63, 3.8) is 0 Å². The Hall–Kier alpha value is -1.39. The first kappa shape index (κ1) is 8.70. The zero-order valence-electron chi connectivity index (χ0n) is 6.65. The van der Waals surface area contributed by atoms with Gasteiger partial charge in [-0.25, -0.2) is 0 Å². The summed E-state index contributed by atoms with van der Waals surface area (Å²) in [6.45, 7) is 1.70. The fourth-order valence-electron chi connectivity index (χ4n) is 1.12. The summed E-state index contributed by atoms with van der Waals surface area (Å²) >= 11 is 0. The van der Waals surface area contributed by atoms with E-state index in [-0.39, 0.29) is 18.4 Å². The highest BCUT2D eigenvalue weighted by atomic mass is 16.4. The third-order valence-electron chi connectivity index (χ3n) is 1.68. The number of nitrogens with one attached hydrogen (secondary N) is 1. The smallest absolute Gasteiger partial charge is 0.305 e. The van der Waals surface area contributed by atoms with Gasteiger partial charge in [-0.2, -0.15) is 0 Å². The molecule has 12 heavy (non-hydrogen) atoms. The van der Waals surface area contributed by atoms with Crippen LogP contribution < -0.4 is 5.32 Å². The maximum absolute atomic E-state index is 10.8. The summed E-state index contributed by atoms with van der Waals surface area (Å²) < 4.78 is 0. The average Bonchev–Trinajstić information content (AvgIpc) is 1.99. The molecular formula is C7H10N2O3. The molecule has 1 saturated heterocycles. The lowest BCUT2D eigenvalue weighted by molar-refractivity contribution is -0.140. The molecule has 0 aromatic rings. The first-order valence-electron chi connectivity index (χ1n) is 3.65. The van der Waals surface area contributed by atoms with Crippen molar-refractivity contribution in [2.75, 3.05) is 0 Å². The number of hydrogen-bond donors (Lipinski definition) is 2. The normalized spacial score (nSPS) is 28.2. The quantitative estimate of drug-likeness (QED) is 0.439. The number of rotatable bonds is 3. The third kappa shape index (κ3) is 1.61. The van der Waals surface area contributed by atoms with Crippen LogP contribution in [0.25, 0.3) is 0 Å². The van der Waals surface area contributed by atoms with Gasteiger partial charge < -0.3 is 10.4 Å². The molecular weight excluding hydrogens is 160 g/mol. The molecule has 0 aromatic carbocycles. The first-order valence-corrected chi connectivity index (χ1v) is 3.65. The van der Waals surface area contributed by atoms with Gasteiger partial charge in [0, 0.05) is 0 Å². The van der Waals surface area contributed by atoms with Crippen molar-refractivity contribution >= 4 is 18.1 Å². The number of carboxylic acid groups (broad SMARTS) is 1. The van der Waals surface area contributed by atoms with Crippen LogP contribution in [0.4, 0.5) is 0 Å². The van der Waals surface area contributed by atoms with Gasteiger partial charge in [-0.3, -0.25) is 14.6 Å². The predicted octanol–water partition coefficient (Wildman–Crippen LogP) is -0.581. The second-order valence-corrected chi connectivity index (χ2v) is 2.57. The maximum atomic E-state index is 10.8. The number of carbonyl (C=O) groups is 2. The summed E-state index contributed by atoms with van der Waals surface area (Å²) in [6, 6.07) is -0.822. The molecule has 2 atom stereocenters. The molecule has 0 aliphatic carbocycles. The van der Waals surface area contributed by atoms with Crippen LogP contribution in [0.1, 0.15) is 13.3 Å². The van der Waals surface area contributed by atoms with Crippen molar-refractivity contribution in [1.82, 2.24) is 5.32 Å². The van der Waals surface area contributed by atoms with Crippen molar-refractivity contribution in [3.8, 4) is 0 Å². The first-order chi connectivity index (χ1) is 5.65. The van der Waals surface area contributed by atoms with Crippen molar-refractivity contribution in [3.05, 3.63) is 0 Å². The van der Waals surface area contributed by atoms with Gasteiger partial charge >= 0.3 is 5.97 Å². The number of amides is 1. The summed E-state index contributed by atoms with van der Waals surface area (Å²) in [6.07, 6.45) is 1.45. The molecule has 1 aliphatic rings. The van der Waals surface area contributed by atoms with Gasteiger partial charge in [0.2, 0.25) is 5.91 Å². The molecule has 1 amide bonds. The summed E-state index contributed by atoms with van der Waals surface area (Å²) in [5.74, 6) is -1.12. The standard InChI is InChI=1S/C7H10N2O3/c1-2-8-6-4(3-5(10)11)9-7(6)12/h2,4,6H,3H2,1H3,(H,9,12)(H,10,11)/t4-,6+/m1/s1. The Kier molecular flexibility index (Phi) is 2.42. The molecule has 0 unspecified atom stereocenters. The van der Waals surface area contributed by atoms with Crippen LogP contribution in [0, 0.1) is 0 Å². The summed E-state index contributed by atoms with van der Waals surface area (Å²) in [4.78, 5) is 24.9. The minimum Gasteiger partial charge on any atom is -0.481 e. The molecule has 5 heteroatoms. The lowest BCUT2D eigenvalue weighted by atomic mass is 9.96. The predicted molar refractivity (Wildman–Crippen MR) is 42.1 cm³/mol. The van der Waals surface area contributed by atoms with Gasteiger partial charge in [0.1, 0.15) is 6.04 Å². The Morgan fingerprint density at radius 2 is 2.50 bits per heavy atom. The van der Waals surface area contributed by atoms with Gasteiger partial charge in [0.25, 0.3) is 0 Å². The van der Waals surface area contributed by atoms with Crippen LogP contribution in [0.2, 0.25) is 0 Å². The molecule has 1 aliphatic heterocycles. The number of aliphatic imine (C=N–C) groups is 1. The Balaban J connectivity index is 2.48. The highest BCUT2D eigenvalue weighted by molar-refractivity contribution is 5.91. The minimum atomic E-state index is -0.920. The molecule has 0 bridgehead atoms. The molecule has 1 fully saturated rings. The molecule has 5 nitrogen and oxygen atoms in total. The average molecular weight is 170 g/mol. The van der Waals surface area contributed by atoms with E-state index in [1.54, 1.807) is 6.92 Å². The summed E-state index contributed by atoms with van der Waals surface area (Å²) in [7, 11) is 0. The Morgan fingerprint density at radius 1 is 1.83 bits per heavy atom. The minimum absolute atomic E-state index is 0.0618. The van der Waals surface area contributed by atoms with E-state index < -0.39 is 12.0 Å². The monoisotopic (exact) mass is 170 g/mol. The zero-order chi connectivity index (χ0) is 9.14. The molecule has 0 radical (unpaired) electrons. The van der Waals surface area contributed by atoms with Crippen molar-refractivity contribution < 1.29 is 14.7 Å². The molecule has 66 valence electrons. The lowest BCUT2D eigenvalue weighted by Gasteiger charge is -2.32. The Labute approximate surface area is 69.5 Å². The van der Waals surface area contributed by atoms with E-state index in [4.69, 9.17) is 5.11 Å². The van der Waals surface area contributed by atoms with Crippen LogP contribution in [0.5, 0.6) is 0 Å². The SMILES string of the molecule is CC=N[C@@H]1C(=O)N[C@@H]1CC(=O)O. The van der Waals surface area contributed by atoms with Crippen LogP contribution in [0.15, 0.2) is 4.99 Å². The Bertz CT molecular complexity index is 237. The number of hydrogen-bond acceptors (Lipinski definition) is 3. The van der Waals surface area contributed by atoms with Gasteiger partial charge in [0.15, 0.2) is 0 Å². The molecule has 1 rings (SSSR count). The fourth-order valence-corrected chi connectivity index (χ4v) is 1.12. The number of nitrogens with zero attached hydrogens (tertiary/aromatic N) is 1. The van der Waals surface area contributed by atoms with E-state index in [1.807, 2.05) is 0 Å². The molecule has 0 saturated carbocycles. The van der Waals surface area contributed by atoms with E-state index in [0.717, 1.165) is 0 Å². The van der Waals surface area contributed by atoms with Crippen molar-refractivity contribution in [1.29, 1.82) is 0 Å². The van der Waals surface area contributed by atoms with Gasteiger partial charge in [-0.05, 0) is 13.1 Å². The van der Waals surface area contributed by atoms with E-state index in [2.05, 4.69) is 10.3 Å². The van der Waals surface area contributed by atoms with Crippen LogP contribution in [-0.4, -0.2) is 35.3 Å². The Morgan fingerprint density at radius 3 is 2.92 bits per heavy atom. The summed E-state index contributed by atoms with van der Waals surface area (Å²) in [5.41, 5.74) is 0. The lowest BCUT2D eigenvalue weighted by Crippen LogP contribution is -2.62. The van der Waals surface area contributed by atoms with Crippen molar-refractivity contribution in [2.24, 2.45) is 4.99 Å². The number of aliphatic carboxylic acids is 1. The second kappa shape index (κ2) is 3.34. The summed E-state index contributed by atoms with van der Waals surface area (Å²) in [5, 5.41) is 10.9. The number of β-lactam (4-membered cyclic amide) rings is 1. The highest BCUT2D eigenvalue weighted by Gasteiger charge is 2.39. The van der Waals surface area contributed by atoms with Crippen LogP contribution in [-0.2, 0) is 9.59 Å². The van der Waals surface area contributed by atoms with Gasteiger partial charge in [0.05, 0.1) is 12.5 Å². The third-order valence-corrected chi connectivity index (χ3v) is 1.68. The molecule has 1 heterocycles. The second-order valence-electron chi connectivity index (χ2n) is 2.57. The maximum Gasteiger partial charge on any atom is 0.305 e. The van der Waals surface area contributed by atoms with E-state index in [9.17, 15) is 9.59 Å². The van der Waals surface area contributed by atoms with E-state index in [1.165, 1.54) is 6.21 Å². The fraction of sp³-hybridized carbons (Fsp3) is 0.571. The highest BCUT2D eigenvalue weighted by Crippen LogP contribution is 2.13. The largest absolute Gasteiger partial charge is 0.481 e. The number of carbonyl (C=O) groups excluding carboxylic acids is 1. The number of carboxylic acids is 1. The molecule has 0 aromatic heterocycles. The van der Waals surface area contributed by atoms with Crippen LogP contribution >= 0.6 is 0 Å². The molecule has 0 spiro atoms. The van der Waals surface area contributed by atoms with Gasteiger partial charge in [-0.1, -0.05) is 0 Å². The van der Waals surface area contributed by atoms with E-state index >= 15 is 0 Å². The van der Waals surface area contributed by atoms with Gasteiger partial charge in [-0.15, -0.1) is 0 Å². The zero-order valence-corrected chi connectivity index (χ0v) is 6.65. The van der Waals surface area contributed by atoms with Crippen molar-refractivity contribution in [2.45, 2.75) is 25.4 Å². The van der Waals surface area contributed by atoms with Crippen LogP contribution in [0.3, 0.4) is 0 Å².